The van der Waals surface area contributed by atoms with E-state index in [1.54, 1.807) is 0 Å². The SMILES string of the molecule is Cn1c(=O)oc2cc(S(=O)(=O)NC[C@@H](c3ccc(Cl)cc3)C3CCCC3)c(Cl)cc21. The van der Waals surface area contributed by atoms with Crippen molar-refractivity contribution in [2.45, 2.75) is 36.5 Å². The molecule has 0 amide bonds. The Bertz CT molecular complexity index is 1230. The monoisotopic (exact) mass is 468 g/mol. The summed E-state index contributed by atoms with van der Waals surface area (Å²) in [4.78, 5) is 11.6. The largest absolute Gasteiger partial charge is 0.419 e. The molecular weight excluding hydrogens is 447 g/mol. The molecule has 0 unspecified atom stereocenters. The van der Waals surface area contributed by atoms with E-state index in [9.17, 15) is 13.2 Å². The van der Waals surface area contributed by atoms with Crippen molar-refractivity contribution in [3.63, 3.8) is 0 Å². The van der Waals surface area contributed by atoms with E-state index >= 15 is 0 Å². The highest BCUT2D eigenvalue weighted by Crippen LogP contribution is 2.38. The smallest absolute Gasteiger partial charge is 0.408 e. The molecule has 1 aliphatic rings. The summed E-state index contributed by atoms with van der Waals surface area (Å²) in [6.07, 6.45) is 4.43. The van der Waals surface area contributed by atoms with Gasteiger partial charge in [0.15, 0.2) is 5.58 Å². The highest BCUT2D eigenvalue weighted by molar-refractivity contribution is 7.89. The fourth-order valence-electron chi connectivity index (χ4n) is 4.24. The van der Waals surface area contributed by atoms with Crippen LogP contribution in [0.5, 0.6) is 0 Å². The molecule has 1 N–H and O–H groups in total. The third-order valence-electron chi connectivity index (χ3n) is 5.90. The molecule has 0 spiro atoms. The van der Waals surface area contributed by atoms with E-state index in [0.29, 0.717) is 16.5 Å². The lowest BCUT2D eigenvalue weighted by Crippen LogP contribution is -2.31. The molecule has 1 atom stereocenters. The molecule has 30 heavy (non-hydrogen) atoms. The maximum Gasteiger partial charge on any atom is 0.419 e. The first-order valence-electron chi connectivity index (χ1n) is 9.80. The van der Waals surface area contributed by atoms with E-state index in [-0.39, 0.29) is 28.0 Å². The number of halogens is 2. The second-order valence-electron chi connectivity index (χ2n) is 7.73. The minimum Gasteiger partial charge on any atom is -0.408 e. The first-order valence-corrected chi connectivity index (χ1v) is 12.0. The van der Waals surface area contributed by atoms with Gasteiger partial charge in [-0.15, -0.1) is 0 Å². The molecular formula is C21H22Cl2N2O4S. The molecule has 2 aromatic carbocycles. The maximum atomic E-state index is 13.0. The van der Waals surface area contributed by atoms with Gasteiger partial charge in [-0.1, -0.05) is 48.2 Å². The average molecular weight is 469 g/mol. The van der Waals surface area contributed by atoms with Gasteiger partial charge < -0.3 is 4.42 Å². The number of hydrogen-bond donors (Lipinski definition) is 1. The molecule has 1 saturated carbocycles. The van der Waals surface area contributed by atoms with E-state index in [2.05, 4.69) is 4.72 Å². The number of aryl methyl sites for hydroxylation is 1. The van der Waals surface area contributed by atoms with Gasteiger partial charge in [-0.3, -0.25) is 4.57 Å². The fourth-order valence-corrected chi connectivity index (χ4v) is 5.96. The molecule has 4 rings (SSSR count). The van der Waals surface area contributed by atoms with Crippen molar-refractivity contribution < 1.29 is 12.8 Å². The highest BCUT2D eigenvalue weighted by Gasteiger charge is 2.29. The molecule has 1 aromatic heterocycles. The van der Waals surface area contributed by atoms with Crippen molar-refractivity contribution in [1.82, 2.24) is 9.29 Å². The zero-order valence-electron chi connectivity index (χ0n) is 16.4. The van der Waals surface area contributed by atoms with Crippen LogP contribution in [0, 0.1) is 5.92 Å². The summed E-state index contributed by atoms with van der Waals surface area (Å²) in [5.74, 6) is -0.136. The molecule has 1 aliphatic carbocycles. The number of rotatable bonds is 6. The van der Waals surface area contributed by atoms with E-state index in [1.807, 2.05) is 24.3 Å². The Labute approximate surface area is 184 Å². The fraction of sp³-hybridized carbons (Fsp3) is 0.381. The number of oxazole rings is 1. The summed E-state index contributed by atoms with van der Waals surface area (Å²) in [5.41, 5.74) is 1.68. The summed E-state index contributed by atoms with van der Waals surface area (Å²) >= 11 is 12.3. The van der Waals surface area contributed by atoms with Gasteiger partial charge >= 0.3 is 5.76 Å². The Hall–Kier alpha value is -1.80. The van der Waals surface area contributed by atoms with Crippen molar-refractivity contribution in [3.05, 3.63) is 62.6 Å². The number of nitrogens with zero attached hydrogens (tertiary/aromatic N) is 1. The Morgan fingerprint density at radius 1 is 1.17 bits per heavy atom. The average Bonchev–Trinajstić information content (AvgIpc) is 3.32. The van der Waals surface area contributed by atoms with Gasteiger partial charge in [-0.25, -0.2) is 17.9 Å². The Morgan fingerprint density at radius 2 is 1.83 bits per heavy atom. The molecule has 0 radical (unpaired) electrons. The van der Waals surface area contributed by atoms with E-state index < -0.39 is 15.8 Å². The lowest BCUT2D eigenvalue weighted by Gasteiger charge is -2.24. The lowest BCUT2D eigenvalue weighted by atomic mass is 9.85. The molecule has 1 fully saturated rings. The van der Waals surface area contributed by atoms with Crippen LogP contribution in [-0.2, 0) is 17.1 Å². The zero-order chi connectivity index (χ0) is 21.5. The van der Waals surface area contributed by atoms with E-state index in [4.69, 9.17) is 27.6 Å². The second-order valence-corrected chi connectivity index (χ2v) is 10.3. The highest BCUT2D eigenvalue weighted by atomic mass is 35.5. The maximum absolute atomic E-state index is 13.0. The van der Waals surface area contributed by atoms with Gasteiger partial charge in [-0.05, 0) is 42.5 Å². The first-order chi connectivity index (χ1) is 14.3. The van der Waals surface area contributed by atoms with Crippen LogP contribution in [0.2, 0.25) is 10.0 Å². The molecule has 160 valence electrons. The van der Waals surface area contributed by atoms with Crippen molar-refractivity contribution in [2.75, 3.05) is 6.54 Å². The quantitative estimate of drug-likeness (QED) is 0.568. The van der Waals surface area contributed by atoms with Crippen molar-refractivity contribution >= 4 is 44.3 Å². The predicted molar refractivity (Wildman–Crippen MR) is 118 cm³/mol. The van der Waals surface area contributed by atoms with Crippen LogP contribution in [0.1, 0.15) is 37.2 Å². The zero-order valence-corrected chi connectivity index (χ0v) is 18.7. The van der Waals surface area contributed by atoms with Crippen LogP contribution >= 0.6 is 23.2 Å². The van der Waals surface area contributed by atoms with Crippen molar-refractivity contribution in [1.29, 1.82) is 0 Å². The molecule has 0 saturated heterocycles. The van der Waals surface area contributed by atoms with Crippen LogP contribution < -0.4 is 10.5 Å². The van der Waals surface area contributed by atoms with E-state index in [0.717, 1.165) is 31.2 Å². The van der Waals surface area contributed by atoms with Crippen LogP contribution in [0.3, 0.4) is 0 Å². The number of aromatic nitrogens is 1. The standard InChI is InChI=1S/C21H22Cl2N2O4S/c1-25-18-10-17(23)20(11-19(18)29-21(25)26)30(27,28)24-12-16(13-4-2-3-5-13)14-6-8-15(22)9-7-14/h6-11,13,16,24H,2-5,12H2,1H3/t16-/m1/s1. The van der Waals surface area contributed by atoms with Crippen molar-refractivity contribution in [2.24, 2.45) is 13.0 Å². The molecule has 0 bridgehead atoms. The molecule has 1 heterocycles. The molecule has 9 heteroatoms. The van der Waals surface area contributed by atoms with Crippen LogP contribution in [0.25, 0.3) is 11.1 Å². The minimum absolute atomic E-state index is 0.0373. The lowest BCUT2D eigenvalue weighted by molar-refractivity contribution is 0.428. The summed E-state index contributed by atoms with van der Waals surface area (Å²) in [6, 6.07) is 10.3. The normalized spacial score (nSPS) is 16.4. The van der Waals surface area contributed by atoms with Crippen molar-refractivity contribution in [3.8, 4) is 0 Å². The van der Waals surface area contributed by atoms with E-state index in [1.165, 1.54) is 23.7 Å². The van der Waals surface area contributed by atoms with Gasteiger partial charge in [0.1, 0.15) is 4.90 Å². The number of hydrogen-bond acceptors (Lipinski definition) is 4. The molecule has 3 aromatic rings. The Balaban J connectivity index is 1.63. The third-order valence-corrected chi connectivity index (χ3v) is 8.04. The predicted octanol–water partition coefficient (Wildman–Crippen LogP) is 4.69. The topological polar surface area (TPSA) is 81.3 Å². The molecule has 0 aliphatic heterocycles. The molecule has 6 nitrogen and oxygen atoms in total. The van der Waals surface area contributed by atoms with Gasteiger partial charge in [0.05, 0.1) is 10.5 Å². The van der Waals surface area contributed by atoms with Gasteiger partial charge in [-0.2, -0.15) is 0 Å². The van der Waals surface area contributed by atoms with Gasteiger partial charge in [0.2, 0.25) is 10.0 Å². The summed E-state index contributed by atoms with van der Waals surface area (Å²) in [5, 5.41) is 0.684. The first kappa shape index (κ1) is 21.4. The summed E-state index contributed by atoms with van der Waals surface area (Å²) in [6.45, 7) is 0.252. The summed E-state index contributed by atoms with van der Waals surface area (Å²) < 4.78 is 35.2. The second kappa shape index (κ2) is 8.38. The van der Waals surface area contributed by atoms with Crippen LogP contribution in [0.15, 0.2) is 50.5 Å². The van der Waals surface area contributed by atoms with Crippen LogP contribution in [-0.4, -0.2) is 19.5 Å². The van der Waals surface area contributed by atoms with Crippen LogP contribution in [0.4, 0.5) is 0 Å². The number of nitrogens with one attached hydrogen (secondary N) is 1. The van der Waals surface area contributed by atoms with Gasteiger partial charge in [0, 0.05) is 30.6 Å². The third kappa shape index (κ3) is 4.17. The summed E-state index contributed by atoms with van der Waals surface area (Å²) in [7, 11) is -2.37. The number of fused-ring (bicyclic) bond motifs is 1. The minimum atomic E-state index is -3.91. The van der Waals surface area contributed by atoms with Gasteiger partial charge in [0.25, 0.3) is 0 Å². The Morgan fingerprint density at radius 3 is 2.50 bits per heavy atom. The Kier molecular flexibility index (Phi) is 5.99. The number of sulfonamides is 1. The number of benzene rings is 2.